The smallest absolute Gasteiger partial charge is 0.283 e. The van der Waals surface area contributed by atoms with Crippen LogP contribution in [0.5, 0.6) is 0 Å². The molecule has 0 amide bonds. The van der Waals surface area contributed by atoms with Crippen molar-refractivity contribution in [2.24, 2.45) is 17.6 Å². The van der Waals surface area contributed by atoms with Crippen LogP contribution in [0.15, 0.2) is 15.5 Å². The topological polar surface area (TPSA) is 64.2 Å². The molecule has 0 radical (unpaired) electrons. The molecule has 3 rings (SSSR count). The maximum absolute atomic E-state index is 12.3. The first kappa shape index (κ1) is 13.1. The average Bonchev–Trinajstić information content (AvgIpc) is 3.12. The van der Waals surface area contributed by atoms with Gasteiger partial charge in [0.1, 0.15) is 4.47 Å². The van der Waals surface area contributed by atoms with Gasteiger partial charge in [0.15, 0.2) is 0 Å². The molecule has 2 unspecified atom stereocenters. The van der Waals surface area contributed by atoms with Crippen LogP contribution < -0.4 is 16.2 Å². The summed E-state index contributed by atoms with van der Waals surface area (Å²) in [6.07, 6.45) is 4.22. The zero-order valence-corrected chi connectivity index (χ0v) is 12.6. The van der Waals surface area contributed by atoms with Crippen LogP contribution >= 0.6 is 15.9 Å². The molecule has 19 heavy (non-hydrogen) atoms. The molecule has 1 saturated heterocycles. The molecule has 6 heteroatoms. The predicted octanol–water partition coefficient (Wildman–Crippen LogP) is 1.20. The van der Waals surface area contributed by atoms with Crippen molar-refractivity contribution in [3.05, 3.63) is 21.0 Å². The van der Waals surface area contributed by atoms with Gasteiger partial charge in [-0.25, -0.2) is 4.68 Å². The lowest BCUT2D eigenvalue weighted by Crippen LogP contribution is -2.31. The molecule has 1 aromatic rings. The SMILES string of the molecule is CC1CN(c2cnn(CC3CC3)c(=O)c2Br)CC1N. The highest BCUT2D eigenvalue weighted by atomic mass is 79.9. The van der Waals surface area contributed by atoms with Crippen molar-refractivity contribution in [1.29, 1.82) is 0 Å². The quantitative estimate of drug-likeness (QED) is 0.906. The third kappa shape index (κ3) is 2.56. The van der Waals surface area contributed by atoms with Crippen molar-refractivity contribution >= 4 is 21.6 Å². The number of hydrogen-bond acceptors (Lipinski definition) is 4. The van der Waals surface area contributed by atoms with Gasteiger partial charge in [-0.05, 0) is 40.6 Å². The summed E-state index contributed by atoms with van der Waals surface area (Å²) < 4.78 is 2.19. The largest absolute Gasteiger partial charge is 0.367 e. The number of rotatable bonds is 3. The van der Waals surface area contributed by atoms with Crippen LogP contribution in [0.3, 0.4) is 0 Å². The summed E-state index contributed by atoms with van der Waals surface area (Å²) in [5.74, 6) is 1.09. The lowest BCUT2D eigenvalue weighted by molar-refractivity contribution is 0.530. The number of halogens is 1. The Labute approximate surface area is 120 Å². The molecular weight excluding hydrogens is 308 g/mol. The van der Waals surface area contributed by atoms with E-state index >= 15 is 0 Å². The van der Waals surface area contributed by atoms with Gasteiger partial charge in [-0.15, -0.1) is 0 Å². The second-order valence-electron chi connectivity index (χ2n) is 5.82. The van der Waals surface area contributed by atoms with Gasteiger partial charge in [-0.1, -0.05) is 6.92 Å². The molecule has 2 aliphatic rings. The molecule has 5 nitrogen and oxygen atoms in total. The van der Waals surface area contributed by atoms with Crippen LogP contribution in [0.1, 0.15) is 19.8 Å². The van der Waals surface area contributed by atoms with Crippen molar-refractivity contribution in [1.82, 2.24) is 9.78 Å². The molecule has 1 aromatic heterocycles. The highest BCUT2D eigenvalue weighted by Gasteiger charge is 2.29. The third-order valence-electron chi connectivity index (χ3n) is 4.11. The van der Waals surface area contributed by atoms with Crippen LogP contribution in [0.25, 0.3) is 0 Å². The first-order valence-corrected chi connectivity index (χ1v) is 7.61. The summed E-state index contributed by atoms with van der Waals surface area (Å²) in [4.78, 5) is 14.4. The normalized spacial score (nSPS) is 27.0. The summed E-state index contributed by atoms with van der Waals surface area (Å²) in [7, 11) is 0. The first-order chi connectivity index (χ1) is 9.06. The number of nitrogens with zero attached hydrogens (tertiary/aromatic N) is 3. The van der Waals surface area contributed by atoms with E-state index < -0.39 is 0 Å². The molecule has 0 spiro atoms. The molecule has 1 aliphatic heterocycles. The Bertz CT molecular complexity index is 530. The van der Waals surface area contributed by atoms with Gasteiger partial charge < -0.3 is 10.6 Å². The van der Waals surface area contributed by atoms with Gasteiger partial charge in [-0.2, -0.15) is 5.10 Å². The molecule has 2 atom stereocenters. The molecule has 0 aromatic carbocycles. The van der Waals surface area contributed by atoms with Gasteiger partial charge in [-0.3, -0.25) is 4.79 Å². The molecule has 1 saturated carbocycles. The fourth-order valence-electron chi connectivity index (χ4n) is 2.54. The van der Waals surface area contributed by atoms with E-state index in [0.29, 0.717) is 16.3 Å². The molecule has 2 fully saturated rings. The van der Waals surface area contributed by atoms with E-state index in [1.165, 1.54) is 12.8 Å². The van der Waals surface area contributed by atoms with Crippen LogP contribution in [0.2, 0.25) is 0 Å². The molecule has 0 bridgehead atoms. The Balaban J connectivity index is 1.86. The van der Waals surface area contributed by atoms with Crippen molar-refractivity contribution in [3.63, 3.8) is 0 Å². The Kier molecular flexibility index (Phi) is 3.39. The summed E-state index contributed by atoms with van der Waals surface area (Å²) in [6.45, 7) is 4.55. The minimum Gasteiger partial charge on any atom is -0.367 e. The van der Waals surface area contributed by atoms with Crippen molar-refractivity contribution < 1.29 is 0 Å². The summed E-state index contributed by atoms with van der Waals surface area (Å²) in [5.41, 5.74) is 6.88. The fourth-order valence-corrected chi connectivity index (χ4v) is 3.10. The van der Waals surface area contributed by atoms with Gasteiger partial charge >= 0.3 is 0 Å². The summed E-state index contributed by atoms with van der Waals surface area (Å²) in [5, 5.41) is 4.31. The zero-order chi connectivity index (χ0) is 13.6. The minimum absolute atomic E-state index is 0.0301. The minimum atomic E-state index is -0.0301. The molecule has 2 heterocycles. The Morgan fingerprint density at radius 2 is 2.21 bits per heavy atom. The highest BCUT2D eigenvalue weighted by Crippen LogP contribution is 2.31. The third-order valence-corrected chi connectivity index (χ3v) is 4.85. The zero-order valence-electron chi connectivity index (χ0n) is 11.1. The molecule has 104 valence electrons. The van der Waals surface area contributed by atoms with E-state index in [9.17, 15) is 4.79 Å². The average molecular weight is 327 g/mol. The number of aromatic nitrogens is 2. The Hall–Kier alpha value is -0.880. The lowest BCUT2D eigenvalue weighted by Gasteiger charge is -2.19. The van der Waals surface area contributed by atoms with E-state index in [-0.39, 0.29) is 11.6 Å². The summed E-state index contributed by atoms with van der Waals surface area (Å²) >= 11 is 3.44. The van der Waals surface area contributed by atoms with Crippen LogP contribution in [-0.4, -0.2) is 28.9 Å². The van der Waals surface area contributed by atoms with Crippen molar-refractivity contribution in [2.75, 3.05) is 18.0 Å². The monoisotopic (exact) mass is 326 g/mol. The van der Waals surface area contributed by atoms with Crippen LogP contribution in [0.4, 0.5) is 5.69 Å². The van der Waals surface area contributed by atoms with E-state index in [0.717, 1.165) is 25.3 Å². The number of anilines is 1. The van der Waals surface area contributed by atoms with Crippen LogP contribution in [-0.2, 0) is 6.54 Å². The summed E-state index contributed by atoms with van der Waals surface area (Å²) in [6, 6.07) is 0.167. The van der Waals surface area contributed by atoms with E-state index in [2.05, 4.69) is 32.9 Å². The highest BCUT2D eigenvalue weighted by molar-refractivity contribution is 9.10. The van der Waals surface area contributed by atoms with Gasteiger partial charge in [0.05, 0.1) is 11.9 Å². The second-order valence-corrected chi connectivity index (χ2v) is 6.61. The van der Waals surface area contributed by atoms with Gasteiger partial charge in [0, 0.05) is 25.7 Å². The molecule has 2 N–H and O–H groups in total. The Morgan fingerprint density at radius 1 is 1.47 bits per heavy atom. The van der Waals surface area contributed by atoms with Crippen molar-refractivity contribution in [3.8, 4) is 0 Å². The standard InChI is InChI=1S/C13H19BrN4O/c1-8-5-17(7-10(8)15)11-4-16-18(6-9-2-3-9)13(19)12(11)14/h4,8-10H,2-3,5-7,15H2,1H3. The predicted molar refractivity (Wildman–Crippen MR) is 78.3 cm³/mol. The first-order valence-electron chi connectivity index (χ1n) is 6.82. The maximum Gasteiger partial charge on any atom is 0.283 e. The molecule has 1 aliphatic carbocycles. The number of nitrogens with two attached hydrogens (primary N) is 1. The lowest BCUT2D eigenvalue weighted by atomic mass is 10.1. The van der Waals surface area contributed by atoms with E-state index in [1.54, 1.807) is 10.9 Å². The van der Waals surface area contributed by atoms with E-state index in [1.807, 2.05) is 0 Å². The fraction of sp³-hybridized carbons (Fsp3) is 0.692. The van der Waals surface area contributed by atoms with Gasteiger partial charge in [0.2, 0.25) is 0 Å². The van der Waals surface area contributed by atoms with E-state index in [4.69, 9.17) is 5.73 Å². The second kappa shape index (κ2) is 4.90. The van der Waals surface area contributed by atoms with Crippen LogP contribution in [0, 0.1) is 11.8 Å². The maximum atomic E-state index is 12.3. The van der Waals surface area contributed by atoms with Crippen molar-refractivity contribution in [2.45, 2.75) is 32.4 Å². The molecular formula is C13H19BrN4O. The number of hydrogen-bond donors (Lipinski definition) is 1. The Morgan fingerprint density at radius 3 is 2.79 bits per heavy atom. The van der Waals surface area contributed by atoms with Gasteiger partial charge in [0.25, 0.3) is 5.56 Å².